The molecule has 170 valence electrons. The number of esters is 1. The highest BCUT2D eigenvalue weighted by atomic mass is 35.5. The molecule has 1 heterocycles. The summed E-state index contributed by atoms with van der Waals surface area (Å²) in [6, 6.07) is 23.4. The van der Waals surface area contributed by atoms with Gasteiger partial charge in [-0.05, 0) is 60.2 Å². The molecule has 34 heavy (non-hydrogen) atoms. The maximum absolute atomic E-state index is 13.2. The number of ether oxygens (including phenoxy) is 1. The zero-order valence-corrected chi connectivity index (χ0v) is 19.3. The predicted molar refractivity (Wildman–Crippen MR) is 130 cm³/mol. The molecule has 3 aromatic rings. The lowest BCUT2D eigenvalue weighted by Gasteiger charge is -2.23. The quantitative estimate of drug-likeness (QED) is 0.349. The lowest BCUT2D eigenvalue weighted by atomic mass is 10.1. The van der Waals surface area contributed by atoms with E-state index < -0.39 is 16.0 Å². The van der Waals surface area contributed by atoms with E-state index in [2.05, 4.69) is 4.99 Å². The van der Waals surface area contributed by atoms with Gasteiger partial charge in [0, 0.05) is 17.1 Å². The van der Waals surface area contributed by atoms with E-state index in [1.54, 1.807) is 72.8 Å². The molecule has 7 nitrogen and oxygen atoms in total. The van der Waals surface area contributed by atoms with Gasteiger partial charge >= 0.3 is 5.97 Å². The fraction of sp³-hybridized carbons (Fsp3) is 0.0800. The van der Waals surface area contributed by atoms with E-state index in [0.717, 1.165) is 0 Å². The number of benzene rings is 3. The fourth-order valence-corrected chi connectivity index (χ4v) is 4.89. The fourth-order valence-electron chi connectivity index (χ4n) is 3.28. The molecule has 0 atom stereocenters. The van der Waals surface area contributed by atoms with Gasteiger partial charge in [0.25, 0.3) is 10.0 Å². The molecular formula is C25H18ClN3O4S. The first-order valence-corrected chi connectivity index (χ1v) is 12.0. The Bertz CT molecular complexity index is 1410. The van der Waals surface area contributed by atoms with Crippen molar-refractivity contribution in [3.05, 3.63) is 101 Å². The number of nitrogens with zero attached hydrogens (tertiary/aromatic N) is 3. The van der Waals surface area contributed by atoms with Crippen LogP contribution in [0.25, 0.3) is 6.08 Å². The van der Waals surface area contributed by atoms with E-state index in [9.17, 15) is 13.2 Å². The van der Waals surface area contributed by atoms with Gasteiger partial charge in [0.15, 0.2) is 5.70 Å². The third-order valence-electron chi connectivity index (χ3n) is 4.95. The molecule has 0 unspecified atom stereocenters. The molecule has 0 saturated heterocycles. The summed E-state index contributed by atoms with van der Waals surface area (Å²) >= 11 is 5.89. The molecule has 0 saturated carbocycles. The van der Waals surface area contributed by atoms with Gasteiger partial charge in [-0.1, -0.05) is 41.9 Å². The first kappa shape index (κ1) is 23.2. The van der Waals surface area contributed by atoms with E-state index in [4.69, 9.17) is 21.6 Å². The van der Waals surface area contributed by atoms with Gasteiger partial charge in [-0.2, -0.15) is 5.26 Å². The van der Waals surface area contributed by atoms with Gasteiger partial charge in [-0.3, -0.25) is 4.31 Å². The van der Waals surface area contributed by atoms with Gasteiger partial charge in [0.05, 0.1) is 23.1 Å². The summed E-state index contributed by atoms with van der Waals surface area (Å²) in [6.45, 7) is 0.00916. The molecule has 9 heteroatoms. The number of carbonyl (C=O) groups excluding carboxylic acids is 1. The molecule has 0 radical (unpaired) electrons. The van der Waals surface area contributed by atoms with Crippen molar-refractivity contribution in [1.82, 2.24) is 0 Å². The summed E-state index contributed by atoms with van der Waals surface area (Å²) in [5.74, 6) is -0.405. The van der Waals surface area contributed by atoms with E-state index in [1.165, 1.54) is 16.4 Å². The number of nitriles is 1. The molecule has 4 rings (SSSR count). The zero-order chi connectivity index (χ0) is 24.1. The Morgan fingerprint density at radius 2 is 1.68 bits per heavy atom. The minimum absolute atomic E-state index is 0.00916. The number of aliphatic imine (C=N–C) groups is 1. The van der Waals surface area contributed by atoms with Crippen molar-refractivity contribution in [3.63, 3.8) is 0 Å². The van der Waals surface area contributed by atoms with Crippen LogP contribution in [0.15, 0.2) is 94.4 Å². The number of cyclic esters (lactones) is 1. The highest BCUT2D eigenvalue weighted by Gasteiger charge is 2.26. The first-order valence-electron chi connectivity index (χ1n) is 10.2. The molecule has 0 fully saturated rings. The average Bonchev–Trinajstić information content (AvgIpc) is 3.21. The number of sulfonamides is 1. The second-order valence-electron chi connectivity index (χ2n) is 7.23. The zero-order valence-electron chi connectivity index (χ0n) is 17.8. The van der Waals surface area contributed by atoms with Crippen LogP contribution in [-0.2, 0) is 19.6 Å². The Kier molecular flexibility index (Phi) is 6.77. The van der Waals surface area contributed by atoms with Crippen LogP contribution < -0.4 is 4.31 Å². The van der Waals surface area contributed by atoms with Crippen molar-refractivity contribution in [2.45, 2.75) is 11.3 Å². The minimum Gasteiger partial charge on any atom is -0.402 e. The van der Waals surface area contributed by atoms with Crippen molar-refractivity contribution in [2.24, 2.45) is 4.99 Å². The molecule has 1 aliphatic heterocycles. The highest BCUT2D eigenvalue weighted by Crippen LogP contribution is 2.26. The topological polar surface area (TPSA) is 99.8 Å². The summed E-state index contributed by atoms with van der Waals surface area (Å²) in [7, 11) is -3.85. The second kappa shape index (κ2) is 9.91. The maximum Gasteiger partial charge on any atom is 0.363 e. The normalized spacial score (nSPS) is 14.4. The van der Waals surface area contributed by atoms with Crippen molar-refractivity contribution < 1.29 is 17.9 Å². The number of anilines is 1. The summed E-state index contributed by atoms with van der Waals surface area (Å²) in [6.07, 6.45) is 1.59. The lowest BCUT2D eigenvalue weighted by Crippen LogP contribution is -2.31. The number of halogens is 1. The molecule has 0 aliphatic carbocycles. The number of hydrogen-bond donors (Lipinski definition) is 0. The Hall–Kier alpha value is -3.93. The smallest absolute Gasteiger partial charge is 0.363 e. The summed E-state index contributed by atoms with van der Waals surface area (Å²) in [4.78, 5) is 16.7. The third kappa shape index (κ3) is 5.01. The molecule has 0 N–H and O–H groups in total. The van der Waals surface area contributed by atoms with Gasteiger partial charge in [0.1, 0.15) is 0 Å². The number of carbonyl (C=O) groups is 1. The van der Waals surface area contributed by atoms with Gasteiger partial charge in [0.2, 0.25) is 5.90 Å². The molecule has 0 bridgehead atoms. The van der Waals surface area contributed by atoms with Crippen LogP contribution >= 0.6 is 11.6 Å². The molecule has 0 amide bonds. The van der Waals surface area contributed by atoms with Gasteiger partial charge < -0.3 is 4.74 Å². The van der Waals surface area contributed by atoms with Crippen LogP contribution in [0.3, 0.4) is 0 Å². The van der Waals surface area contributed by atoms with E-state index >= 15 is 0 Å². The standard InChI is InChI=1S/C25H18ClN3O4S/c26-20-11-9-19(10-12-20)24-28-23(25(30)33-24)17-18-7-13-21(14-8-18)29(16-4-15-27)34(31,32)22-5-2-1-3-6-22/h1-3,5-14,17H,4,16H2/b23-17+. The lowest BCUT2D eigenvalue weighted by molar-refractivity contribution is -0.129. The highest BCUT2D eigenvalue weighted by molar-refractivity contribution is 7.92. The monoisotopic (exact) mass is 491 g/mol. The Balaban J connectivity index is 1.61. The van der Waals surface area contributed by atoms with Crippen LogP contribution in [0, 0.1) is 11.3 Å². The van der Waals surface area contributed by atoms with Crippen molar-refractivity contribution in [2.75, 3.05) is 10.8 Å². The van der Waals surface area contributed by atoms with E-state index in [-0.39, 0.29) is 29.5 Å². The Morgan fingerprint density at radius 3 is 2.32 bits per heavy atom. The number of hydrogen-bond acceptors (Lipinski definition) is 6. The molecular weight excluding hydrogens is 474 g/mol. The van der Waals surface area contributed by atoms with Crippen LogP contribution in [0.2, 0.25) is 5.02 Å². The summed E-state index contributed by atoms with van der Waals surface area (Å²) in [5, 5.41) is 9.56. The van der Waals surface area contributed by atoms with Crippen LogP contribution in [-0.4, -0.2) is 26.8 Å². The largest absolute Gasteiger partial charge is 0.402 e. The summed E-state index contributed by atoms with van der Waals surface area (Å²) in [5.41, 5.74) is 1.78. The SMILES string of the molecule is N#CCCN(c1ccc(/C=C2/N=C(c3ccc(Cl)cc3)OC2=O)cc1)S(=O)(=O)c1ccccc1. The van der Waals surface area contributed by atoms with Gasteiger partial charge in [-0.25, -0.2) is 18.2 Å². The van der Waals surface area contributed by atoms with Crippen molar-refractivity contribution in [3.8, 4) is 6.07 Å². The van der Waals surface area contributed by atoms with E-state index in [1.807, 2.05) is 6.07 Å². The number of rotatable bonds is 7. The third-order valence-corrected chi connectivity index (χ3v) is 7.05. The Labute approximate surface area is 202 Å². The van der Waals surface area contributed by atoms with Crippen LogP contribution in [0.4, 0.5) is 5.69 Å². The van der Waals surface area contributed by atoms with Crippen LogP contribution in [0.1, 0.15) is 17.5 Å². The molecule has 0 aromatic heterocycles. The van der Waals surface area contributed by atoms with Crippen molar-refractivity contribution >= 4 is 45.3 Å². The average molecular weight is 492 g/mol. The first-order chi connectivity index (χ1) is 16.4. The Morgan fingerprint density at radius 1 is 1.00 bits per heavy atom. The molecule has 0 spiro atoms. The van der Waals surface area contributed by atoms with E-state index in [0.29, 0.717) is 21.8 Å². The minimum atomic E-state index is -3.85. The maximum atomic E-state index is 13.2. The van der Waals surface area contributed by atoms with Gasteiger partial charge in [-0.15, -0.1) is 0 Å². The molecule has 1 aliphatic rings. The second-order valence-corrected chi connectivity index (χ2v) is 9.53. The molecule has 3 aromatic carbocycles. The van der Waals surface area contributed by atoms with Crippen LogP contribution in [0.5, 0.6) is 0 Å². The summed E-state index contributed by atoms with van der Waals surface area (Å²) < 4.78 is 32.8. The predicted octanol–water partition coefficient (Wildman–Crippen LogP) is 4.79. The van der Waals surface area contributed by atoms with Crippen molar-refractivity contribution in [1.29, 1.82) is 5.26 Å².